The van der Waals surface area contributed by atoms with Crippen LogP contribution in [0.25, 0.3) is 16.9 Å². The molecule has 0 amide bonds. The van der Waals surface area contributed by atoms with Crippen LogP contribution in [-0.4, -0.2) is 22.8 Å². The summed E-state index contributed by atoms with van der Waals surface area (Å²) in [5.74, 6) is 3.37. The lowest BCUT2D eigenvalue weighted by Crippen LogP contribution is -2.08. The zero-order valence-electron chi connectivity index (χ0n) is 23.0. The summed E-state index contributed by atoms with van der Waals surface area (Å²) in [5.41, 5.74) is 5.72. The highest BCUT2D eigenvalue weighted by Gasteiger charge is 2.20. The summed E-state index contributed by atoms with van der Waals surface area (Å²) in [7, 11) is 0. The Kier molecular flexibility index (Phi) is 9.89. The third kappa shape index (κ3) is 7.20. The topological polar surface area (TPSA) is 36.3 Å². The third-order valence-corrected chi connectivity index (χ3v) is 6.60. The fourth-order valence-corrected chi connectivity index (χ4v) is 4.82. The number of hydrogen-bond acceptors (Lipinski definition) is 3. The number of hydrogen-bond donors (Lipinski definition) is 0. The molecule has 0 bridgehead atoms. The fraction of sp³-hybridized carbons (Fsp3) is 0.364. The van der Waals surface area contributed by atoms with E-state index in [0.29, 0.717) is 12.5 Å². The number of benzene rings is 3. The molecule has 4 aromatic rings. The molecule has 38 heavy (non-hydrogen) atoms. The Hall–Kier alpha value is -3.24. The zero-order valence-corrected chi connectivity index (χ0v) is 23.8. The number of ether oxygens (including phenoxy) is 2. The van der Waals surface area contributed by atoms with Gasteiger partial charge in [-0.2, -0.15) is 0 Å². The van der Waals surface area contributed by atoms with Gasteiger partial charge in [-0.15, -0.1) is 0 Å². The van der Waals surface area contributed by atoms with E-state index in [-0.39, 0.29) is 0 Å². The molecule has 5 heteroatoms. The Morgan fingerprint density at radius 3 is 2.13 bits per heavy atom. The predicted molar refractivity (Wildman–Crippen MR) is 158 cm³/mol. The maximum atomic E-state index is 6.10. The van der Waals surface area contributed by atoms with Gasteiger partial charge >= 0.3 is 0 Å². The molecule has 4 nitrogen and oxygen atoms in total. The van der Waals surface area contributed by atoms with E-state index in [1.54, 1.807) is 0 Å². The van der Waals surface area contributed by atoms with Crippen molar-refractivity contribution in [3.63, 3.8) is 0 Å². The number of halogens is 1. The largest absolute Gasteiger partial charge is 0.494 e. The average Bonchev–Trinajstić information content (AvgIpc) is 3.25. The molecular formula is C33H39ClN2O2. The number of imidazole rings is 1. The molecule has 0 atom stereocenters. The summed E-state index contributed by atoms with van der Waals surface area (Å²) in [5, 5.41) is 0.756. The first-order valence-electron chi connectivity index (χ1n) is 13.8. The van der Waals surface area contributed by atoms with Gasteiger partial charge in [-0.1, -0.05) is 57.8 Å². The monoisotopic (exact) mass is 530 g/mol. The van der Waals surface area contributed by atoms with Crippen molar-refractivity contribution in [2.24, 2.45) is 5.92 Å². The summed E-state index contributed by atoms with van der Waals surface area (Å²) >= 11 is 6.10. The predicted octanol–water partition coefficient (Wildman–Crippen LogP) is 8.75. The van der Waals surface area contributed by atoms with E-state index in [9.17, 15) is 0 Å². The molecule has 0 saturated heterocycles. The standard InChI is InChI=1S/C33H39ClN2O2/c1-5-8-31-33(26-11-15-29(16-12-26)38-21-19-25-9-7-10-27(34)23-25)35-32(22-24(3)4)36(31)28-13-17-30(18-14-28)37-20-6-2/h7,9-18,23-24H,5-6,8,19-22H2,1-4H3. The third-order valence-electron chi connectivity index (χ3n) is 6.36. The lowest BCUT2D eigenvalue weighted by molar-refractivity contribution is 0.317. The van der Waals surface area contributed by atoms with Gasteiger partial charge in [0.1, 0.15) is 17.3 Å². The summed E-state index contributed by atoms with van der Waals surface area (Å²) < 4.78 is 14.2. The van der Waals surface area contributed by atoms with Crippen molar-refractivity contribution in [2.45, 2.75) is 59.8 Å². The SMILES string of the molecule is CCCOc1ccc(-n2c(CC(C)C)nc(-c3ccc(OCCc4cccc(Cl)c4)cc3)c2CCC)cc1. The van der Waals surface area contributed by atoms with E-state index in [1.165, 1.54) is 11.3 Å². The van der Waals surface area contributed by atoms with Crippen LogP contribution in [0.4, 0.5) is 0 Å². The van der Waals surface area contributed by atoms with Crippen LogP contribution in [0, 0.1) is 5.92 Å². The Labute approximate surface area is 232 Å². The van der Waals surface area contributed by atoms with Gasteiger partial charge in [0.25, 0.3) is 0 Å². The van der Waals surface area contributed by atoms with E-state index >= 15 is 0 Å². The van der Waals surface area contributed by atoms with Crippen molar-refractivity contribution in [1.29, 1.82) is 0 Å². The second kappa shape index (κ2) is 13.5. The lowest BCUT2D eigenvalue weighted by atomic mass is 10.1. The molecule has 0 aliphatic rings. The molecule has 200 valence electrons. The van der Waals surface area contributed by atoms with Gasteiger partial charge in [-0.3, -0.25) is 0 Å². The molecule has 0 fully saturated rings. The van der Waals surface area contributed by atoms with E-state index in [1.807, 2.05) is 30.3 Å². The van der Waals surface area contributed by atoms with Gasteiger partial charge in [-0.25, -0.2) is 4.98 Å². The Bertz CT molecular complexity index is 1290. The van der Waals surface area contributed by atoms with Crippen molar-refractivity contribution in [1.82, 2.24) is 9.55 Å². The van der Waals surface area contributed by atoms with Crippen molar-refractivity contribution in [2.75, 3.05) is 13.2 Å². The van der Waals surface area contributed by atoms with Crippen molar-refractivity contribution < 1.29 is 9.47 Å². The van der Waals surface area contributed by atoms with Crippen LogP contribution in [-0.2, 0) is 19.3 Å². The van der Waals surface area contributed by atoms with Crippen LogP contribution < -0.4 is 9.47 Å². The molecule has 1 heterocycles. The highest BCUT2D eigenvalue weighted by atomic mass is 35.5. The first kappa shape index (κ1) is 27.8. The Morgan fingerprint density at radius 2 is 1.50 bits per heavy atom. The maximum Gasteiger partial charge on any atom is 0.119 e. The van der Waals surface area contributed by atoms with Gasteiger partial charge in [0, 0.05) is 29.1 Å². The lowest BCUT2D eigenvalue weighted by Gasteiger charge is -2.15. The zero-order chi connectivity index (χ0) is 26.9. The fourth-order valence-electron chi connectivity index (χ4n) is 4.61. The van der Waals surface area contributed by atoms with E-state index < -0.39 is 0 Å². The average molecular weight is 531 g/mol. The minimum Gasteiger partial charge on any atom is -0.494 e. The summed E-state index contributed by atoms with van der Waals surface area (Å²) in [6.07, 6.45) is 4.72. The second-order valence-corrected chi connectivity index (χ2v) is 10.5. The molecule has 4 rings (SSSR count). The van der Waals surface area contributed by atoms with Crippen molar-refractivity contribution in [3.8, 4) is 28.4 Å². The minimum absolute atomic E-state index is 0.501. The van der Waals surface area contributed by atoms with Crippen LogP contribution in [0.15, 0.2) is 72.8 Å². The summed E-state index contributed by atoms with van der Waals surface area (Å²) in [4.78, 5) is 5.21. The van der Waals surface area contributed by atoms with Gasteiger partial charge in [0.15, 0.2) is 0 Å². The molecule has 0 aliphatic heterocycles. The van der Waals surface area contributed by atoms with Crippen LogP contribution in [0.3, 0.4) is 0 Å². The Balaban J connectivity index is 1.59. The van der Waals surface area contributed by atoms with E-state index in [2.05, 4.69) is 74.7 Å². The van der Waals surface area contributed by atoms with Gasteiger partial charge in [0.2, 0.25) is 0 Å². The molecule has 0 N–H and O–H groups in total. The van der Waals surface area contributed by atoms with Gasteiger partial charge in [0.05, 0.1) is 24.6 Å². The summed E-state index contributed by atoms with van der Waals surface area (Å²) in [6, 6.07) is 24.7. The smallest absolute Gasteiger partial charge is 0.119 e. The second-order valence-electron chi connectivity index (χ2n) is 10.1. The van der Waals surface area contributed by atoms with Gasteiger partial charge in [-0.05, 0) is 85.0 Å². The first-order valence-corrected chi connectivity index (χ1v) is 14.2. The van der Waals surface area contributed by atoms with E-state index in [0.717, 1.165) is 78.0 Å². The Morgan fingerprint density at radius 1 is 0.816 bits per heavy atom. The normalized spacial score (nSPS) is 11.2. The maximum absolute atomic E-state index is 6.10. The highest BCUT2D eigenvalue weighted by molar-refractivity contribution is 6.30. The number of aromatic nitrogens is 2. The summed E-state index contributed by atoms with van der Waals surface area (Å²) in [6.45, 7) is 10.2. The molecule has 0 saturated carbocycles. The van der Waals surface area contributed by atoms with Crippen LogP contribution in [0.5, 0.6) is 11.5 Å². The van der Waals surface area contributed by atoms with Gasteiger partial charge < -0.3 is 14.0 Å². The van der Waals surface area contributed by atoms with Crippen molar-refractivity contribution in [3.05, 3.63) is 94.9 Å². The molecule has 1 aromatic heterocycles. The highest BCUT2D eigenvalue weighted by Crippen LogP contribution is 2.31. The molecule has 0 aliphatic carbocycles. The minimum atomic E-state index is 0.501. The van der Waals surface area contributed by atoms with Crippen LogP contribution in [0.2, 0.25) is 5.02 Å². The molecule has 0 radical (unpaired) electrons. The van der Waals surface area contributed by atoms with E-state index in [4.69, 9.17) is 26.1 Å². The number of rotatable bonds is 13. The number of nitrogens with zero attached hydrogens (tertiary/aromatic N) is 2. The van der Waals surface area contributed by atoms with Crippen molar-refractivity contribution >= 4 is 11.6 Å². The quantitative estimate of drug-likeness (QED) is 0.173. The molecule has 0 unspecified atom stereocenters. The van der Waals surface area contributed by atoms with Crippen LogP contribution in [0.1, 0.15) is 57.6 Å². The molecule has 3 aromatic carbocycles. The molecule has 0 spiro atoms. The molecular weight excluding hydrogens is 492 g/mol. The first-order chi connectivity index (χ1) is 18.5. The van der Waals surface area contributed by atoms with Crippen LogP contribution >= 0.6 is 11.6 Å².